The summed E-state index contributed by atoms with van der Waals surface area (Å²) in [6.45, 7) is 1.65. The summed E-state index contributed by atoms with van der Waals surface area (Å²) in [5, 5.41) is 0. The van der Waals surface area contributed by atoms with Gasteiger partial charge in [0, 0.05) is 23.6 Å². The average molecular weight is 332 g/mol. The lowest BCUT2D eigenvalue weighted by Gasteiger charge is -2.21. The van der Waals surface area contributed by atoms with Crippen LogP contribution < -0.4 is 0 Å². The molecule has 20 heavy (non-hydrogen) atoms. The molecule has 0 amide bonds. The van der Waals surface area contributed by atoms with E-state index in [1.54, 1.807) is 0 Å². The van der Waals surface area contributed by atoms with Gasteiger partial charge < -0.3 is 4.74 Å². The summed E-state index contributed by atoms with van der Waals surface area (Å²) < 4.78 is 8.76. The van der Waals surface area contributed by atoms with Crippen LogP contribution >= 0.6 is 15.9 Å². The average Bonchev–Trinajstić information content (AvgIpc) is 2.92. The van der Waals surface area contributed by atoms with Crippen molar-refractivity contribution in [3.63, 3.8) is 0 Å². The van der Waals surface area contributed by atoms with Gasteiger partial charge in [-0.25, -0.2) is 4.98 Å². The molecule has 4 nitrogen and oxygen atoms in total. The molecule has 0 atom stereocenters. The number of fused-ring (bicyclic) bond motifs is 3. The summed E-state index contributed by atoms with van der Waals surface area (Å²) >= 11 is 3.55. The zero-order valence-corrected chi connectivity index (χ0v) is 12.5. The van der Waals surface area contributed by atoms with E-state index in [1.807, 2.05) is 24.5 Å². The highest BCUT2D eigenvalue weighted by atomic mass is 79.9. The Hall–Kier alpha value is -1.46. The van der Waals surface area contributed by atoms with Gasteiger partial charge in [-0.15, -0.1) is 0 Å². The molecule has 4 rings (SSSR count). The zero-order chi connectivity index (χ0) is 13.5. The van der Waals surface area contributed by atoms with E-state index in [-0.39, 0.29) is 0 Å². The molecule has 0 bridgehead atoms. The monoisotopic (exact) mass is 331 g/mol. The van der Waals surface area contributed by atoms with Crippen molar-refractivity contribution in [2.75, 3.05) is 13.2 Å². The van der Waals surface area contributed by atoms with E-state index in [9.17, 15) is 0 Å². The molecule has 1 fully saturated rings. The number of hydrogen-bond acceptors (Lipinski definition) is 3. The van der Waals surface area contributed by atoms with Crippen LogP contribution in [-0.2, 0) is 4.74 Å². The Morgan fingerprint density at radius 2 is 1.95 bits per heavy atom. The van der Waals surface area contributed by atoms with Gasteiger partial charge >= 0.3 is 0 Å². The maximum Gasteiger partial charge on any atom is 0.117 e. The topological polar surface area (TPSA) is 39.4 Å². The maximum atomic E-state index is 5.46. The number of rotatable bonds is 1. The predicted octanol–water partition coefficient (Wildman–Crippen LogP) is 3.54. The number of halogens is 1. The minimum atomic E-state index is 0.468. The summed E-state index contributed by atoms with van der Waals surface area (Å²) in [6, 6.07) is 6.17. The van der Waals surface area contributed by atoms with Gasteiger partial charge in [0.05, 0.1) is 28.9 Å². The van der Waals surface area contributed by atoms with Crippen LogP contribution in [0, 0.1) is 0 Å². The Morgan fingerprint density at radius 3 is 2.80 bits per heavy atom. The molecule has 1 aromatic carbocycles. The van der Waals surface area contributed by atoms with E-state index in [0.29, 0.717) is 5.92 Å². The predicted molar refractivity (Wildman–Crippen MR) is 81.0 cm³/mol. The van der Waals surface area contributed by atoms with E-state index < -0.39 is 0 Å². The number of imidazole rings is 1. The summed E-state index contributed by atoms with van der Waals surface area (Å²) in [5.41, 5.74) is 3.15. The van der Waals surface area contributed by atoms with E-state index in [4.69, 9.17) is 4.74 Å². The molecule has 2 aromatic heterocycles. The van der Waals surface area contributed by atoms with Crippen LogP contribution in [0.1, 0.15) is 24.6 Å². The fraction of sp³-hybridized carbons (Fsp3) is 0.333. The van der Waals surface area contributed by atoms with Crippen LogP contribution in [0.3, 0.4) is 0 Å². The molecule has 0 saturated carbocycles. The van der Waals surface area contributed by atoms with Crippen molar-refractivity contribution in [2.45, 2.75) is 18.8 Å². The third-order valence-electron chi connectivity index (χ3n) is 3.92. The zero-order valence-electron chi connectivity index (χ0n) is 10.9. The molecule has 0 N–H and O–H groups in total. The Bertz CT molecular complexity index is 777. The molecule has 0 spiro atoms. The van der Waals surface area contributed by atoms with Crippen molar-refractivity contribution in [3.8, 4) is 0 Å². The highest BCUT2D eigenvalue weighted by Crippen LogP contribution is 2.29. The lowest BCUT2D eigenvalue weighted by Crippen LogP contribution is -2.16. The van der Waals surface area contributed by atoms with Crippen molar-refractivity contribution in [3.05, 3.63) is 40.9 Å². The van der Waals surface area contributed by atoms with Gasteiger partial charge in [0.15, 0.2) is 0 Å². The van der Waals surface area contributed by atoms with Crippen LogP contribution in [-0.4, -0.2) is 27.6 Å². The van der Waals surface area contributed by atoms with Crippen LogP contribution in [0.15, 0.2) is 35.1 Å². The fourth-order valence-electron chi connectivity index (χ4n) is 2.90. The maximum absolute atomic E-state index is 5.46. The Kier molecular flexibility index (Phi) is 2.97. The normalized spacial score (nSPS) is 17.1. The lowest BCUT2D eigenvalue weighted by atomic mass is 9.99. The Labute approximate surface area is 124 Å². The smallest absolute Gasteiger partial charge is 0.117 e. The number of aromatic nitrogens is 3. The summed E-state index contributed by atoms with van der Waals surface area (Å²) in [5.74, 6) is 1.60. The van der Waals surface area contributed by atoms with Crippen LogP contribution in [0.4, 0.5) is 0 Å². The largest absolute Gasteiger partial charge is 0.381 e. The molecule has 102 valence electrons. The summed E-state index contributed by atoms with van der Waals surface area (Å²) in [6.07, 6.45) is 5.89. The highest BCUT2D eigenvalue weighted by molar-refractivity contribution is 9.10. The molecule has 5 heteroatoms. The molecule has 0 radical (unpaired) electrons. The quantitative estimate of drug-likeness (QED) is 0.684. The number of benzene rings is 1. The SMILES string of the molecule is Brc1ccc2ncc3cnc(C4CCOCC4)n3c2c1. The molecule has 1 saturated heterocycles. The van der Waals surface area contributed by atoms with E-state index >= 15 is 0 Å². The van der Waals surface area contributed by atoms with Crippen molar-refractivity contribution in [1.29, 1.82) is 0 Å². The molecule has 3 aromatic rings. The van der Waals surface area contributed by atoms with Crippen molar-refractivity contribution >= 4 is 32.5 Å². The number of nitrogens with zero attached hydrogens (tertiary/aromatic N) is 3. The van der Waals surface area contributed by atoms with Gasteiger partial charge in [-0.2, -0.15) is 0 Å². The number of hydrogen-bond donors (Lipinski definition) is 0. The third kappa shape index (κ3) is 1.93. The minimum Gasteiger partial charge on any atom is -0.381 e. The number of ether oxygens (including phenoxy) is 1. The summed E-state index contributed by atoms with van der Waals surface area (Å²) in [4.78, 5) is 9.15. The molecular weight excluding hydrogens is 318 g/mol. The summed E-state index contributed by atoms with van der Waals surface area (Å²) in [7, 11) is 0. The van der Waals surface area contributed by atoms with Gasteiger partial charge in [-0.1, -0.05) is 15.9 Å². The van der Waals surface area contributed by atoms with Gasteiger partial charge in [0.2, 0.25) is 0 Å². The standard InChI is InChI=1S/C15H14BrN3O/c16-11-1-2-13-14(7-11)19-12(8-17-13)9-18-15(19)10-3-5-20-6-4-10/h1-2,7-10H,3-6H2. The Morgan fingerprint density at radius 1 is 1.15 bits per heavy atom. The van der Waals surface area contributed by atoms with Crippen LogP contribution in [0.25, 0.3) is 16.6 Å². The second-order valence-corrected chi connectivity index (χ2v) is 6.07. The van der Waals surface area contributed by atoms with Crippen molar-refractivity contribution in [2.24, 2.45) is 0 Å². The first-order valence-electron chi connectivity index (χ1n) is 6.82. The molecule has 3 heterocycles. The van der Waals surface area contributed by atoms with Gasteiger partial charge in [0.25, 0.3) is 0 Å². The van der Waals surface area contributed by atoms with Crippen molar-refractivity contribution < 1.29 is 4.74 Å². The second kappa shape index (κ2) is 4.82. The van der Waals surface area contributed by atoms with E-state index in [0.717, 1.165) is 52.9 Å². The van der Waals surface area contributed by atoms with Gasteiger partial charge in [-0.05, 0) is 31.0 Å². The first-order chi connectivity index (χ1) is 9.83. The lowest BCUT2D eigenvalue weighted by molar-refractivity contribution is 0.0835. The van der Waals surface area contributed by atoms with Crippen LogP contribution in [0.2, 0.25) is 0 Å². The fourth-order valence-corrected chi connectivity index (χ4v) is 3.25. The Balaban J connectivity index is 1.99. The second-order valence-electron chi connectivity index (χ2n) is 5.15. The van der Waals surface area contributed by atoms with E-state index in [1.165, 1.54) is 0 Å². The van der Waals surface area contributed by atoms with E-state index in [2.05, 4.69) is 36.4 Å². The van der Waals surface area contributed by atoms with Gasteiger partial charge in [-0.3, -0.25) is 9.38 Å². The van der Waals surface area contributed by atoms with Crippen molar-refractivity contribution in [1.82, 2.24) is 14.4 Å². The molecular formula is C15H14BrN3O. The first kappa shape index (κ1) is 12.3. The first-order valence-corrected chi connectivity index (χ1v) is 7.61. The molecule has 0 unspecified atom stereocenters. The third-order valence-corrected chi connectivity index (χ3v) is 4.41. The molecule has 1 aliphatic rings. The highest BCUT2D eigenvalue weighted by Gasteiger charge is 2.21. The van der Waals surface area contributed by atoms with Crippen LogP contribution in [0.5, 0.6) is 0 Å². The minimum absolute atomic E-state index is 0.468. The van der Waals surface area contributed by atoms with Gasteiger partial charge in [0.1, 0.15) is 5.82 Å². The molecule has 0 aliphatic carbocycles. The molecule has 1 aliphatic heterocycles.